The van der Waals surface area contributed by atoms with Crippen molar-refractivity contribution in [3.05, 3.63) is 70.3 Å². The van der Waals surface area contributed by atoms with E-state index in [0.29, 0.717) is 16.8 Å². The van der Waals surface area contributed by atoms with Crippen LogP contribution in [0.15, 0.2) is 48.0 Å². The number of hydrogen-bond donors (Lipinski definition) is 1. The summed E-state index contributed by atoms with van der Waals surface area (Å²) in [6.45, 7) is 3.76. The second-order valence-electron chi connectivity index (χ2n) is 8.01. The molecule has 158 valence electrons. The lowest BCUT2D eigenvalue weighted by Crippen LogP contribution is -2.42. The van der Waals surface area contributed by atoms with Gasteiger partial charge >= 0.3 is 6.18 Å². The van der Waals surface area contributed by atoms with Crippen LogP contribution in [0.4, 0.5) is 13.2 Å². The van der Waals surface area contributed by atoms with Crippen LogP contribution in [0, 0.1) is 0 Å². The number of carbonyl (C=O) groups excluding carboxylic acids is 1. The first-order valence-electron chi connectivity index (χ1n) is 9.43. The minimum atomic E-state index is -4.54. The van der Waals surface area contributed by atoms with Crippen molar-refractivity contribution < 1.29 is 27.9 Å². The minimum absolute atomic E-state index is 0.00184. The molecule has 2 aliphatic heterocycles. The first kappa shape index (κ1) is 20.4. The van der Waals surface area contributed by atoms with E-state index < -0.39 is 17.3 Å². The monoisotopic (exact) mass is 418 g/mol. The van der Waals surface area contributed by atoms with Crippen LogP contribution < -0.4 is 4.74 Å². The predicted octanol–water partition coefficient (Wildman–Crippen LogP) is 4.56. The van der Waals surface area contributed by atoms with Crippen LogP contribution in [-0.2, 0) is 12.7 Å². The van der Waals surface area contributed by atoms with Crippen LogP contribution in [0.25, 0.3) is 5.70 Å². The molecule has 0 bridgehead atoms. The molecule has 2 aromatic carbocycles. The summed E-state index contributed by atoms with van der Waals surface area (Å²) < 4.78 is 46.3. The molecule has 0 radical (unpaired) electrons. The maximum Gasteiger partial charge on any atom is 0.416 e. The summed E-state index contributed by atoms with van der Waals surface area (Å²) in [7, 11) is 1.43. The molecule has 8 heteroatoms. The van der Waals surface area contributed by atoms with Crippen molar-refractivity contribution >= 4 is 11.6 Å². The van der Waals surface area contributed by atoms with Crippen LogP contribution >= 0.6 is 0 Å². The number of halogens is 3. The fraction of sp³-hybridized carbons (Fsp3) is 0.318. The number of hydroxylamine groups is 2. The Morgan fingerprint density at radius 2 is 1.87 bits per heavy atom. The van der Waals surface area contributed by atoms with Crippen molar-refractivity contribution in [1.29, 1.82) is 0 Å². The molecule has 0 spiro atoms. The van der Waals surface area contributed by atoms with Crippen molar-refractivity contribution in [2.75, 3.05) is 13.6 Å². The lowest BCUT2D eigenvalue weighted by molar-refractivity contribution is -0.137. The van der Waals surface area contributed by atoms with Gasteiger partial charge in [-0.05, 0) is 43.7 Å². The summed E-state index contributed by atoms with van der Waals surface area (Å²) in [6, 6.07) is 10.4. The highest BCUT2D eigenvalue weighted by Gasteiger charge is 2.42. The fourth-order valence-electron chi connectivity index (χ4n) is 4.00. The summed E-state index contributed by atoms with van der Waals surface area (Å²) in [5.74, 6) is -0.0316. The average Bonchev–Trinajstić information content (AvgIpc) is 2.97. The number of alkyl halides is 3. The number of carbonyl (C=O) groups is 1. The molecule has 0 atom stereocenters. The molecule has 2 aromatic rings. The van der Waals surface area contributed by atoms with Gasteiger partial charge in [-0.1, -0.05) is 18.2 Å². The van der Waals surface area contributed by atoms with Gasteiger partial charge < -0.3 is 14.8 Å². The molecule has 0 aromatic heterocycles. The maximum absolute atomic E-state index is 13.4. The maximum atomic E-state index is 13.4. The van der Waals surface area contributed by atoms with Crippen LogP contribution in [0.5, 0.6) is 5.75 Å². The number of nitrogens with zero attached hydrogens (tertiary/aromatic N) is 2. The highest BCUT2D eigenvalue weighted by atomic mass is 19.4. The van der Waals surface area contributed by atoms with E-state index in [9.17, 15) is 23.2 Å². The van der Waals surface area contributed by atoms with Crippen LogP contribution in [0.1, 0.15) is 40.9 Å². The van der Waals surface area contributed by atoms with Gasteiger partial charge in [0.1, 0.15) is 11.4 Å². The first-order valence-corrected chi connectivity index (χ1v) is 9.43. The Morgan fingerprint density at radius 1 is 1.17 bits per heavy atom. The Kier molecular flexibility index (Phi) is 4.67. The Hall–Kier alpha value is -2.84. The summed E-state index contributed by atoms with van der Waals surface area (Å²) in [5, 5.41) is 10.9. The van der Waals surface area contributed by atoms with Gasteiger partial charge in [-0.2, -0.15) is 18.2 Å². The highest BCUT2D eigenvalue weighted by Crippen LogP contribution is 2.46. The van der Waals surface area contributed by atoms with Gasteiger partial charge in [-0.15, -0.1) is 0 Å². The normalized spacial score (nSPS) is 17.9. The van der Waals surface area contributed by atoms with Crippen molar-refractivity contribution in [3.8, 4) is 5.75 Å². The number of hydrogen-bond acceptors (Lipinski definition) is 4. The van der Waals surface area contributed by atoms with Crippen molar-refractivity contribution in [2.24, 2.45) is 0 Å². The fourth-order valence-corrected chi connectivity index (χ4v) is 4.00. The van der Waals surface area contributed by atoms with E-state index in [1.165, 1.54) is 18.0 Å². The van der Waals surface area contributed by atoms with Crippen LogP contribution in [-0.4, -0.2) is 40.3 Å². The summed E-state index contributed by atoms with van der Waals surface area (Å²) >= 11 is 0. The molecule has 5 nitrogen and oxygen atoms in total. The van der Waals surface area contributed by atoms with Gasteiger partial charge in [0.15, 0.2) is 0 Å². The molecule has 0 saturated heterocycles. The molecule has 4 rings (SSSR count). The van der Waals surface area contributed by atoms with Gasteiger partial charge in [-0.3, -0.25) is 4.79 Å². The molecular formula is C22H21F3N2O3. The third-order valence-electron chi connectivity index (χ3n) is 5.42. The zero-order valence-corrected chi connectivity index (χ0v) is 16.7. The summed E-state index contributed by atoms with van der Waals surface area (Å²) in [5.41, 5.74) is 0.567. The number of benzene rings is 2. The van der Waals surface area contributed by atoms with Crippen molar-refractivity contribution in [3.63, 3.8) is 0 Å². The Morgan fingerprint density at radius 3 is 2.50 bits per heavy atom. The Labute approximate surface area is 171 Å². The molecule has 0 unspecified atom stereocenters. The third-order valence-corrected chi connectivity index (χ3v) is 5.42. The number of rotatable bonds is 3. The topological polar surface area (TPSA) is 53.0 Å². The van der Waals surface area contributed by atoms with Crippen molar-refractivity contribution in [1.82, 2.24) is 9.96 Å². The highest BCUT2D eigenvalue weighted by molar-refractivity contribution is 6.04. The SMILES string of the molecule is CN(O)CC1=C(N2Cc3ccccc3C2=O)c2cc(C(F)(F)F)ccc2OC1(C)C. The number of amides is 1. The number of likely N-dealkylation sites (N-methyl/N-ethyl adjacent to an activating group) is 1. The number of ether oxygens (including phenoxy) is 1. The molecule has 0 saturated carbocycles. The lowest BCUT2D eigenvalue weighted by Gasteiger charge is -2.40. The minimum Gasteiger partial charge on any atom is -0.483 e. The quantitative estimate of drug-likeness (QED) is 0.743. The standard InChI is InChI=1S/C22H21F3N2O3/c1-21(2)17(12-26(3)29)19(27-11-13-6-4-5-7-15(13)20(27)28)16-10-14(22(23,24)25)8-9-18(16)30-21/h4-10,29H,11-12H2,1-3H3. The average molecular weight is 418 g/mol. The number of fused-ring (bicyclic) bond motifs is 2. The van der Waals surface area contributed by atoms with Gasteiger partial charge in [-0.25, -0.2) is 0 Å². The van der Waals surface area contributed by atoms with Gasteiger partial charge in [0.05, 0.1) is 24.4 Å². The van der Waals surface area contributed by atoms with E-state index in [0.717, 1.165) is 22.8 Å². The van der Waals surface area contributed by atoms with Gasteiger partial charge in [0.25, 0.3) is 5.91 Å². The van der Waals surface area contributed by atoms with E-state index in [4.69, 9.17) is 4.74 Å². The van der Waals surface area contributed by atoms with Crippen LogP contribution in [0.2, 0.25) is 0 Å². The molecule has 0 aliphatic carbocycles. The lowest BCUT2D eigenvalue weighted by atomic mass is 9.88. The second-order valence-corrected chi connectivity index (χ2v) is 8.01. The second kappa shape index (κ2) is 6.85. The van der Waals surface area contributed by atoms with Gasteiger partial charge in [0, 0.05) is 23.7 Å². The summed E-state index contributed by atoms with van der Waals surface area (Å²) in [4.78, 5) is 14.7. The molecule has 30 heavy (non-hydrogen) atoms. The summed E-state index contributed by atoms with van der Waals surface area (Å²) in [6.07, 6.45) is -4.54. The van der Waals surface area contributed by atoms with E-state index in [2.05, 4.69) is 0 Å². The van der Waals surface area contributed by atoms with E-state index >= 15 is 0 Å². The van der Waals surface area contributed by atoms with E-state index in [-0.39, 0.29) is 30.3 Å². The third kappa shape index (κ3) is 3.36. The molecule has 1 amide bonds. The van der Waals surface area contributed by atoms with E-state index in [1.54, 1.807) is 26.0 Å². The zero-order chi connectivity index (χ0) is 21.8. The van der Waals surface area contributed by atoms with Gasteiger partial charge in [0.2, 0.25) is 0 Å². The largest absolute Gasteiger partial charge is 0.483 e. The molecule has 2 heterocycles. The zero-order valence-electron chi connectivity index (χ0n) is 16.7. The molecule has 0 fully saturated rings. The molecular weight excluding hydrogens is 397 g/mol. The van der Waals surface area contributed by atoms with Crippen LogP contribution in [0.3, 0.4) is 0 Å². The van der Waals surface area contributed by atoms with E-state index in [1.807, 2.05) is 12.1 Å². The van der Waals surface area contributed by atoms with Crippen molar-refractivity contribution in [2.45, 2.75) is 32.2 Å². The smallest absolute Gasteiger partial charge is 0.416 e. The Bertz CT molecular complexity index is 1060. The molecule has 1 N–H and O–H groups in total. The molecule has 2 aliphatic rings. The predicted molar refractivity (Wildman–Crippen MR) is 104 cm³/mol. The Balaban J connectivity index is 1.95. The first-order chi connectivity index (χ1) is 14.0.